The lowest BCUT2D eigenvalue weighted by molar-refractivity contribution is -0.135. The van der Waals surface area contributed by atoms with Crippen LogP contribution in [-0.4, -0.2) is 11.1 Å². The number of carboxylic acids is 1. The quantitative estimate of drug-likeness (QED) is 0.374. The van der Waals surface area contributed by atoms with Crippen LogP contribution in [0.2, 0.25) is 0 Å². The Morgan fingerprint density at radius 2 is 1.63 bits per heavy atom. The van der Waals surface area contributed by atoms with E-state index in [9.17, 15) is 14.3 Å². The number of carboxylic acid groups (broad SMARTS) is 1. The van der Waals surface area contributed by atoms with Crippen LogP contribution >= 0.6 is 22.6 Å². The Hall–Kier alpha value is -2.93. The molecule has 150 valence electrons. The van der Waals surface area contributed by atoms with Gasteiger partial charge in [0.2, 0.25) is 0 Å². The highest BCUT2D eigenvalue weighted by molar-refractivity contribution is 14.1. The molecule has 4 rings (SSSR count). The maximum Gasteiger partial charge on any atom is 0.307 e. The summed E-state index contributed by atoms with van der Waals surface area (Å²) in [5.74, 6) is 0.0853. The summed E-state index contributed by atoms with van der Waals surface area (Å²) in [6.07, 6.45) is 2.07. The second kappa shape index (κ2) is 8.44. The van der Waals surface area contributed by atoms with Crippen LogP contribution in [0, 0.1) is 9.39 Å². The number of hydrogen-bond acceptors (Lipinski definition) is 2. The highest BCUT2D eigenvalue weighted by Crippen LogP contribution is 2.44. The zero-order valence-corrected chi connectivity index (χ0v) is 18.3. The fourth-order valence-electron chi connectivity index (χ4n) is 3.57. The molecule has 0 aromatic heterocycles. The SMILES string of the molecule is CC1=C(CC(=O)O)c2cc(I)ccc2/C1=C\c1ccc(Oc2ccc(F)cc2)cc1. The van der Waals surface area contributed by atoms with E-state index >= 15 is 0 Å². The fourth-order valence-corrected chi connectivity index (χ4v) is 4.06. The predicted octanol–water partition coefficient (Wildman–Crippen LogP) is 7.03. The number of rotatable bonds is 5. The largest absolute Gasteiger partial charge is 0.481 e. The van der Waals surface area contributed by atoms with E-state index in [-0.39, 0.29) is 12.2 Å². The molecule has 3 aromatic rings. The minimum absolute atomic E-state index is 0.000709. The summed E-state index contributed by atoms with van der Waals surface area (Å²) < 4.78 is 19.9. The Balaban J connectivity index is 1.64. The van der Waals surface area contributed by atoms with Crippen molar-refractivity contribution in [2.24, 2.45) is 0 Å². The summed E-state index contributed by atoms with van der Waals surface area (Å²) >= 11 is 2.24. The van der Waals surface area contributed by atoms with Crippen molar-refractivity contribution in [1.29, 1.82) is 0 Å². The molecule has 0 bridgehead atoms. The summed E-state index contributed by atoms with van der Waals surface area (Å²) in [6, 6.07) is 19.6. The molecule has 0 saturated carbocycles. The molecule has 0 heterocycles. The van der Waals surface area contributed by atoms with E-state index in [1.807, 2.05) is 49.4 Å². The van der Waals surface area contributed by atoms with Crippen molar-refractivity contribution in [3.63, 3.8) is 0 Å². The number of carbonyl (C=O) groups is 1. The second-order valence-electron chi connectivity index (χ2n) is 7.05. The standard InChI is InChI=1S/C25H18FIO3/c1-15-22(21-11-6-18(27)13-24(21)23(15)14-25(28)29)12-16-2-7-19(8-3-16)30-20-9-4-17(26)5-10-20/h2-13H,14H2,1H3,(H,28,29)/b22-12-. The number of hydrogen-bond donors (Lipinski definition) is 1. The van der Waals surface area contributed by atoms with Gasteiger partial charge in [-0.15, -0.1) is 0 Å². The van der Waals surface area contributed by atoms with Gasteiger partial charge in [-0.2, -0.15) is 0 Å². The monoisotopic (exact) mass is 512 g/mol. The zero-order chi connectivity index (χ0) is 21.3. The van der Waals surface area contributed by atoms with Gasteiger partial charge in [0.1, 0.15) is 17.3 Å². The molecule has 0 amide bonds. The smallest absolute Gasteiger partial charge is 0.307 e. The van der Waals surface area contributed by atoms with Crippen molar-refractivity contribution in [2.45, 2.75) is 13.3 Å². The van der Waals surface area contributed by atoms with Crippen molar-refractivity contribution in [3.05, 3.63) is 98.4 Å². The summed E-state index contributed by atoms with van der Waals surface area (Å²) in [4.78, 5) is 11.4. The number of halogens is 2. The molecule has 1 aliphatic rings. The third kappa shape index (κ3) is 4.31. The molecule has 0 saturated heterocycles. The average Bonchev–Trinajstić information content (AvgIpc) is 2.96. The number of aliphatic carboxylic acids is 1. The Kier molecular flexibility index (Phi) is 5.72. The van der Waals surface area contributed by atoms with Crippen molar-refractivity contribution < 1.29 is 19.0 Å². The molecule has 0 radical (unpaired) electrons. The molecule has 1 N–H and O–H groups in total. The number of ether oxygens (including phenoxy) is 1. The van der Waals surface area contributed by atoms with E-state index in [2.05, 4.69) is 28.7 Å². The third-order valence-corrected chi connectivity index (χ3v) is 5.69. The molecule has 3 aromatic carbocycles. The third-order valence-electron chi connectivity index (χ3n) is 5.02. The molecule has 0 spiro atoms. The molecular formula is C25H18FIO3. The maximum absolute atomic E-state index is 13.0. The van der Waals surface area contributed by atoms with Crippen molar-refractivity contribution in [1.82, 2.24) is 0 Å². The normalized spacial score (nSPS) is 14.2. The van der Waals surface area contributed by atoms with Crippen molar-refractivity contribution in [3.8, 4) is 11.5 Å². The Bertz CT molecular complexity index is 1180. The van der Waals surface area contributed by atoms with Crippen LogP contribution in [0.3, 0.4) is 0 Å². The predicted molar refractivity (Wildman–Crippen MR) is 125 cm³/mol. The molecule has 30 heavy (non-hydrogen) atoms. The van der Waals surface area contributed by atoms with Crippen molar-refractivity contribution in [2.75, 3.05) is 0 Å². The highest BCUT2D eigenvalue weighted by atomic mass is 127. The second-order valence-corrected chi connectivity index (χ2v) is 8.29. The molecule has 0 atom stereocenters. The van der Waals surface area contributed by atoms with E-state index in [0.717, 1.165) is 37.0 Å². The van der Waals surface area contributed by atoms with Crippen molar-refractivity contribution >= 4 is 45.8 Å². The first-order chi connectivity index (χ1) is 14.4. The Morgan fingerprint density at radius 3 is 2.27 bits per heavy atom. The average molecular weight is 512 g/mol. The lowest BCUT2D eigenvalue weighted by Gasteiger charge is -2.07. The fraction of sp³-hybridized carbons (Fsp3) is 0.0800. The number of allylic oxidation sites excluding steroid dienone is 2. The van der Waals surface area contributed by atoms with Crippen LogP contribution in [-0.2, 0) is 4.79 Å². The van der Waals surface area contributed by atoms with E-state index in [1.165, 1.54) is 12.1 Å². The molecule has 3 nitrogen and oxygen atoms in total. The topological polar surface area (TPSA) is 46.5 Å². The first kappa shape index (κ1) is 20.3. The van der Waals surface area contributed by atoms with E-state index < -0.39 is 5.97 Å². The summed E-state index contributed by atoms with van der Waals surface area (Å²) in [6.45, 7) is 1.98. The minimum atomic E-state index is -0.835. The maximum atomic E-state index is 13.0. The highest BCUT2D eigenvalue weighted by Gasteiger charge is 2.25. The van der Waals surface area contributed by atoms with Crippen LogP contribution in [0.25, 0.3) is 17.2 Å². The number of benzene rings is 3. The van der Waals surface area contributed by atoms with E-state index in [4.69, 9.17) is 4.74 Å². The van der Waals surface area contributed by atoms with Crippen LogP contribution in [0.4, 0.5) is 4.39 Å². The van der Waals surface area contributed by atoms with Crippen LogP contribution in [0.5, 0.6) is 11.5 Å². The van der Waals surface area contributed by atoms with Crippen LogP contribution in [0.1, 0.15) is 30.0 Å². The van der Waals surface area contributed by atoms with E-state index in [0.29, 0.717) is 11.5 Å². The lowest BCUT2D eigenvalue weighted by Crippen LogP contribution is -1.97. The van der Waals surface area contributed by atoms with Gasteiger partial charge in [0.15, 0.2) is 0 Å². The van der Waals surface area contributed by atoms with Gasteiger partial charge in [-0.1, -0.05) is 18.2 Å². The Morgan fingerprint density at radius 1 is 1.00 bits per heavy atom. The summed E-state index contributed by atoms with van der Waals surface area (Å²) in [7, 11) is 0. The van der Waals surface area contributed by atoms with Gasteiger partial charge in [-0.05, 0) is 118 Å². The molecular weight excluding hydrogens is 494 g/mol. The van der Waals surface area contributed by atoms with Crippen LogP contribution < -0.4 is 4.74 Å². The molecule has 1 aliphatic carbocycles. The molecule has 0 aliphatic heterocycles. The lowest BCUT2D eigenvalue weighted by atomic mass is 10.0. The molecule has 0 fully saturated rings. The molecule has 5 heteroatoms. The van der Waals surface area contributed by atoms with E-state index in [1.54, 1.807) is 12.1 Å². The first-order valence-electron chi connectivity index (χ1n) is 9.38. The van der Waals surface area contributed by atoms with Crippen LogP contribution in [0.15, 0.2) is 72.3 Å². The first-order valence-corrected chi connectivity index (χ1v) is 10.5. The molecule has 0 unspecified atom stereocenters. The van der Waals surface area contributed by atoms with Gasteiger partial charge < -0.3 is 9.84 Å². The summed E-state index contributed by atoms with van der Waals surface area (Å²) in [5.41, 5.74) is 5.90. The zero-order valence-electron chi connectivity index (χ0n) is 16.2. The van der Waals surface area contributed by atoms with Gasteiger partial charge in [-0.25, -0.2) is 4.39 Å². The summed E-state index contributed by atoms with van der Waals surface area (Å²) in [5, 5.41) is 9.34. The van der Waals surface area contributed by atoms with Gasteiger partial charge in [0.25, 0.3) is 0 Å². The van der Waals surface area contributed by atoms with Gasteiger partial charge in [0.05, 0.1) is 6.42 Å². The van der Waals surface area contributed by atoms with Gasteiger partial charge >= 0.3 is 5.97 Å². The Labute approximate surface area is 187 Å². The number of fused-ring (bicyclic) bond motifs is 1. The minimum Gasteiger partial charge on any atom is -0.481 e. The van der Waals surface area contributed by atoms with Gasteiger partial charge in [0, 0.05) is 3.57 Å². The van der Waals surface area contributed by atoms with Gasteiger partial charge in [-0.3, -0.25) is 4.79 Å².